The van der Waals surface area contributed by atoms with E-state index in [0.29, 0.717) is 17.1 Å². The van der Waals surface area contributed by atoms with Gasteiger partial charge >= 0.3 is 5.97 Å². The Morgan fingerprint density at radius 3 is 2.43 bits per heavy atom. The molecule has 3 aromatic rings. The van der Waals surface area contributed by atoms with E-state index in [1.165, 1.54) is 7.11 Å². The number of methoxy groups -OCH3 is 1. The van der Waals surface area contributed by atoms with E-state index in [1.807, 2.05) is 42.5 Å². The minimum Gasteiger partial charge on any atom is -0.493 e. The average molecular weight is 464 g/mol. The van der Waals surface area contributed by atoms with Crippen LogP contribution < -0.4 is 14.2 Å². The molecule has 0 aliphatic rings. The van der Waals surface area contributed by atoms with Gasteiger partial charge in [0.1, 0.15) is 5.75 Å². The molecule has 0 bridgehead atoms. The molecule has 0 unspecified atom stereocenters. The van der Waals surface area contributed by atoms with E-state index in [4.69, 9.17) is 14.2 Å². The monoisotopic (exact) mass is 463 g/mol. The quantitative estimate of drug-likeness (QED) is 0.200. The van der Waals surface area contributed by atoms with Gasteiger partial charge in [-0.2, -0.15) is 5.26 Å². The van der Waals surface area contributed by atoms with Crippen molar-refractivity contribution in [3.63, 3.8) is 0 Å². The average Bonchev–Trinajstić information content (AvgIpc) is 2.78. The maximum atomic E-state index is 12.1. The molecule has 0 aliphatic carbocycles. The van der Waals surface area contributed by atoms with E-state index >= 15 is 0 Å². The Balaban J connectivity index is 1.70. The van der Waals surface area contributed by atoms with Gasteiger partial charge in [0.25, 0.3) is 0 Å². The summed E-state index contributed by atoms with van der Waals surface area (Å²) in [6.45, 7) is -0.237. The smallest absolute Gasteiger partial charge is 0.349 e. The van der Waals surface area contributed by atoms with Gasteiger partial charge in [-0.25, -0.2) is 4.79 Å². The van der Waals surface area contributed by atoms with E-state index < -0.39 is 5.97 Å². The van der Waals surface area contributed by atoms with E-state index in [0.717, 1.165) is 15.6 Å². The summed E-state index contributed by atoms with van der Waals surface area (Å²) in [5.41, 5.74) is 2.09. The predicted molar refractivity (Wildman–Crippen MR) is 118 cm³/mol. The van der Waals surface area contributed by atoms with E-state index in [2.05, 4.69) is 22.0 Å². The first kappa shape index (κ1) is 21.2. The van der Waals surface area contributed by atoms with Crippen molar-refractivity contribution >= 4 is 33.5 Å². The molecule has 0 saturated carbocycles. The van der Waals surface area contributed by atoms with E-state index in [-0.39, 0.29) is 12.4 Å². The first-order chi connectivity index (χ1) is 14.6. The number of carbonyl (C=O) groups excluding carboxylic acids is 1. The standard InChI is InChI=1S/C24H18BrNO4/c1-28-23-14-17(13-19(15-26)18-5-3-2-4-6-18)7-12-22(23)30-24(27)16-29-21-10-8-20(25)9-11-21/h2-14H,16H2,1H3. The van der Waals surface area contributed by atoms with Crippen LogP contribution in [-0.2, 0) is 4.79 Å². The topological polar surface area (TPSA) is 68.5 Å². The summed E-state index contributed by atoms with van der Waals surface area (Å²) in [5.74, 6) is 0.664. The molecule has 0 aromatic heterocycles. The Morgan fingerprint density at radius 2 is 1.77 bits per heavy atom. The Labute approximate surface area is 183 Å². The number of hydrogen-bond acceptors (Lipinski definition) is 5. The molecule has 0 saturated heterocycles. The highest BCUT2D eigenvalue weighted by atomic mass is 79.9. The fraction of sp³-hybridized carbons (Fsp3) is 0.0833. The number of nitrogens with zero attached hydrogens (tertiary/aromatic N) is 1. The van der Waals surface area contributed by atoms with Crippen molar-refractivity contribution < 1.29 is 19.0 Å². The molecule has 6 heteroatoms. The molecular weight excluding hydrogens is 446 g/mol. The van der Waals surface area contributed by atoms with Crippen molar-refractivity contribution in [3.05, 3.63) is 88.4 Å². The lowest BCUT2D eigenvalue weighted by Gasteiger charge is -2.11. The van der Waals surface area contributed by atoms with Gasteiger partial charge in [-0.05, 0) is 53.6 Å². The van der Waals surface area contributed by atoms with Gasteiger partial charge in [0.15, 0.2) is 18.1 Å². The fourth-order valence-corrected chi connectivity index (χ4v) is 2.91. The van der Waals surface area contributed by atoms with Crippen LogP contribution in [0.15, 0.2) is 77.3 Å². The van der Waals surface area contributed by atoms with Gasteiger partial charge in [-0.1, -0.05) is 52.3 Å². The number of hydrogen-bond donors (Lipinski definition) is 0. The molecule has 0 aliphatic heterocycles. The molecule has 0 spiro atoms. The number of benzene rings is 3. The molecule has 0 heterocycles. The molecule has 0 fully saturated rings. The fourth-order valence-electron chi connectivity index (χ4n) is 2.65. The highest BCUT2D eigenvalue weighted by molar-refractivity contribution is 9.10. The summed E-state index contributed by atoms with van der Waals surface area (Å²) < 4.78 is 17.1. The van der Waals surface area contributed by atoms with Crippen LogP contribution in [0, 0.1) is 11.3 Å². The molecule has 0 radical (unpaired) electrons. The van der Waals surface area contributed by atoms with Gasteiger partial charge < -0.3 is 14.2 Å². The van der Waals surface area contributed by atoms with Gasteiger partial charge in [0.05, 0.1) is 18.8 Å². The first-order valence-corrected chi connectivity index (χ1v) is 9.82. The highest BCUT2D eigenvalue weighted by Crippen LogP contribution is 2.30. The molecule has 0 atom stereocenters. The lowest BCUT2D eigenvalue weighted by molar-refractivity contribution is -0.136. The molecule has 150 valence electrons. The second-order valence-electron chi connectivity index (χ2n) is 6.16. The largest absolute Gasteiger partial charge is 0.493 e. The van der Waals surface area contributed by atoms with Crippen LogP contribution in [0.1, 0.15) is 11.1 Å². The van der Waals surface area contributed by atoms with Crippen molar-refractivity contribution in [2.24, 2.45) is 0 Å². The van der Waals surface area contributed by atoms with Crippen LogP contribution >= 0.6 is 15.9 Å². The third-order valence-electron chi connectivity index (χ3n) is 4.10. The minimum atomic E-state index is -0.554. The van der Waals surface area contributed by atoms with Crippen LogP contribution in [0.5, 0.6) is 17.2 Å². The van der Waals surface area contributed by atoms with Crippen LogP contribution in [-0.4, -0.2) is 19.7 Å². The van der Waals surface area contributed by atoms with E-state index in [1.54, 1.807) is 36.4 Å². The predicted octanol–water partition coefficient (Wildman–Crippen LogP) is 5.51. The lowest BCUT2D eigenvalue weighted by Crippen LogP contribution is -2.18. The third-order valence-corrected chi connectivity index (χ3v) is 4.63. The molecule has 3 rings (SSSR count). The Bertz CT molecular complexity index is 1090. The number of allylic oxidation sites excluding steroid dienone is 1. The van der Waals surface area contributed by atoms with Crippen LogP contribution in [0.4, 0.5) is 0 Å². The third kappa shape index (κ3) is 5.72. The summed E-state index contributed by atoms with van der Waals surface area (Å²) in [4.78, 5) is 12.1. The second-order valence-corrected chi connectivity index (χ2v) is 7.08. The van der Waals surface area contributed by atoms with E-state index in [9.17, 15) is 10.1 Å². The summed E-state index contributed by atoms with van der Waals surface area (Å²) in [7, 11) is 1.49. The molecular formula is C24H18BrNO4. The van der Waals surface area contributed by atoms with Crippen molar-refractivity contribution in [1.29, 1.82) is 5.26 Å². The normalized spacial score (nSPS) is 10.8. The van der Waals surface area contributed by atoms with Crippen molar-refractivity contribution in [3.8, 4) is 23.3 Å². The zero-order valence-electron chi connectivity index (χ0n) is 16.2. The second kappa shape index (κ2) is 10.3. The Morgan fingerprint density at radius 1 is 1.03 bits per heavy atom. The zero-order chi connectivity index (χ0) is 21.3. The Hall–Kier alpha value is -3.56. The number of carbonyl (C=O) groups is 1. The lowest BCUT2D eigenvalue weighted by atomic mass is 10.0. The van der Waals surface area contributed by atoms with Gasteiger partial charge in [-0.3, -0.25) is 0 Å². The van der Waals surface area contributed by atoms with Crippen molar-refractivity contribution in [2.45, 2.75) is 0 Å². The molecule has 5 nitrogen and oxygen atoms in total. The number of ether oxygens (including phenoxy) is 3. The van der Waals surface area contributed by atoms with Crippen molar-refractivity contribution in [2.75, 3.05) is 13.7 Å². The maximum absolute atomic E-state index is 12.1. The molecule has 0 amide bonds. The minimum absolute atomic E-state index is 0.237. The highest BCUT2D eigenvalue weighted by Gasteiger charge is 2.12. The van der Waals surface area contributed by atoms with Crippen LogP contribution in [0.2, 0.25) is 0 Å². The van der Waals surface area contributed by atoms with Crippen molar-refractivity contribution in [1.82, 2.24) is 0 Å². The maximum Gasteiger partial charge on any atom is 0.349 e. The summed E-state index contributed by atoms with van der Waals surface area (Å²) in [6, 6.07) is 23.8. The molecule has 30 heavy (non-hydrogen) atoms. The summed E-state index contributed by atoms with van der Waals surface area (Å²) in [5, 5.41) is 9.47. The number of rotatable bonds is 7. The summed E-state index contributed by atoms with van der Waals surface area (Å²) >= 11 is 3.34. The van der Waals surface area contributed by atoms with Crippen LogP contribution in [0.25, 0.3) is 11.6 Å². The first-order valence-electron chi connectivity index (χ1n) is 9.03. The number of esters is 1. The number of nitriles is 1. The molecule has 3 aromatic carbocycles. The van der Waals surface area contributed by atoms with Gasteiger partial charge in [0, 0.05) is 4.47 Å². The molecule has 0 N–H and O–H groups in total. The SMILES string of the molecule is COc1cc(C=C(C#N)c2ccccc2)ccc1OC(=O)COc1ccc(Br)cc1. The zero-order valence-corrected chi connectivity index (χ0v) is 17.8. The van der Waals surface area contributed by atoms with Gasteiger partial charge in [-0.15, -0.1) is 0 Å². The Kier molecular flexibility index (Phi) is 7.25. The summed E-state index contributed by atoms with van der Waals surface area (Å²) in [6.07, 6.45) is 1.75. The number of halogens is 1. The van der Waals surface area contributed by atoms with Crippen LogP contribution in [0.3, 0.4) is 0 Å². The van der Waals surface area contributed by atoms with Gasteiger partial charge in [0.2, 0.25) is 0 Å².